The molecular weight excluding hydrogens is 511 g/mol. The minimum Gasteiger partial charge on any atom is -0.484 e. The highest BCUT2D eigenvalue weighted by atomic mass is 32.2. The average Bonchev–Trinajstić information content (AvgIpc) is 3.21. The van der Waals surface area contributed by atoms with Crippen molar-refractivity contribution in [3.63, 3.8) is 0 Å². The molecule has 0 N–H and O–H groups in total. The first-order valence-electron chi connectivity index (χ1n) is 11.4. The lowest BCUT2D eigenvalue weighted by Gasteiger charge is -2.28. The van der Waals surface area contributed by atoms with Gasteiger partial charge in [-0.25, -0.2) is 4.98 Å². The Balaban J connectivity index is 1.85. The quantitative estimate of drug-likeness (QED) is 0.225. The number of hydrogen-bond acceptors (Lipinski definition) is 8. The number of nitrogens with zero attached hydrogens (tertiary/aromatic N) is 3. The van der Waals surface area contributed by atoms with Gasteiger partial charge in [0.25, 0.3) is 0 Å². The van der Waals surface area contributed by atoms with Crippen LogP contribution in [-0.2, 0) is 24.8 Å². The number of hydrogen-bond donors (Lipinski definition) is 0. The molecule has 2 heterocycles. The zero-order chi connectivity index (χ0) is 27.2. The molecule has 0 amide bonds. The smallest absolute Gasteiger partial charge is 0.422 e. The largest absolute Gasteiger partial charge is 0.484 e. The average molecular weight is 542 g/mol. The number of aromatic nitrogens is 3. The van der Waals surface area contributed by atoms with Crippen molar-refractivity contribution >= 4 is 28.8 Å². The van der Waals surface area contributed by atoms with Crippen molar-refractivity contribution in [2.75, 3.05) is 34.0 Å². The number of fused-ring (bicyclic) bond motifs is 1. The summed E-state index contributed by atoms with van der Waals surface area (Å²) in [6.45, 7) is 3.97. The highest BCUT2D eigenvalue weighted by Crippen LogP contribution is 2.33. The molecule has 0 bridgehead atoms. The van der Waals surface area contributed by atoms with Crippen LogP contribution in [0.25, 0.3) is 11.0 Å². The maximum absolute atomic E-state index is 13.1. The Morgan fingerprint density at radius 3 is 2.43 bits per heavy atom. The summed E-state index contributed by atoms with van der Waals surface area (Å²) in [7, 11) is 3.00. The molecule has 0 aliphatic rings. The van der Waals surface area contributed by atoms with Crippen molar-refractivity contribution in [3.05, 3.63) is 47.8 Å². The molecule has 0 saturated carbocycles. The Morgan fingerprint density at radius 1 is 1.11 bits per heavy atom. The summed E-state index contributed by atoms with van der Waals surface area (Å²) < 4.78 is 60.8. The van der Waals surface area contributed by atoms with Crippen molar-refractivity contribution in [3.8, 4) is 5.75 Å². The number of ether oxygens (including phenoxy) is 4. The number of esters is 1. The fraction of sp³-hybridized carbons (Fsp3) is 0.480. The van der Waals surface area contributed by atoms with E-state index in [1.165, 1.54) is 38.2 Å². The lowest BCUT2D eigenvalue weighted by Crippen LogP contribution is -2.39. The van der Waals surface area contributed by atoms with Crippen molar-refractivity contribution in [2.45, 2.75) is 44.1 Å². The minimum absolute atomic E-state index is 0.120. The summed E-state index contributed by atoms with van der Waals surface area (Å²) in [4.78, 5) is 22.1. The van der Waals surface area contributed by atoms with Crippen LogP contribution < -0.4 is 4.74 Å². The first-order chi connectivity index (χ1) is 17.5. The van der Waals surface area contributed by atoms with Crippen LogP contribution in [0.3, 0.4) is 0 Å². The van der Waals surface area contributed by atoms with Gasteiger partial charge in [0.15, 0.2) is 18.0 Å². The first kappa shape index (κ1) is 28.7. The highest BCUT2D eigenvalue weighted by Gasteiger charge is 2.37. The van der Waals surface area contributed by atoms with Gasteiger partial charge in [0.1, 0.15) is 11.2 Å². The fourth-order valence-electron chi connectivity index (χ4n) is 3.78. The third-order valence-corrected chi connectivity index (χ3v) is 6.58. The van der Waals surface area contributed by atoms with Gasteiger partial charge in [0.2, 0.25) is 0 Å². The van der Waals surface area contributed by atoms with E-state index in [0.29, 0.717) is 27.7 Å². The molecule has 0 aliphatic carbocycles. The summed E-state index contributed by atoms with van der Waals surface area (Å²) in [5, 5.41) is 0.560. The molecule has 3 aromatic rings. The van der Waals surface area contributed by atoms with Gasteiger partial charge in [-0.05, 0) is 39.0 Å². The van der Waals surface area contributed by atoms with Crippen LogP contribution in [0.5, 0.6) is 5.75 Å². The van der Waals surface area contributed by atoms with Crippen LogP contribution in [0.2, 0.25) is 0 Å². The molecule has 0 radical (unpaired) electrons. The van der Waals surface area contributed by atoms with E-state index in [9.17, 15) is 18.0 Å². The lowest BCUT2D eigenvalue weighted by atomic mass is 9.93. The Morgan fingerprint density at radius 2 is 1.78 bits per heavy atom. The number of benzene rings is 1. The number of carbonyl (C=O) groups excluding carboxylic acids is 1. The van der Waals surface area contributed by atoms with Crippen molar-refractivity contribution in [1.29, 1.82) is 0 Å². The highest BCUT2D eigenvalue weighted by molar-refractivity contribution is 7.98. The summed E-state index contributed by atoms with van der Waals surface area (Å²) in [6, 6.07) is 8.83. The van der Waals surface area contributed by atoms with Crippen LogP contribution in [0, 0.1) is 12.3 Å². The van der Waals surface area contributed by atoms with Gasteiger partial charge in [0.05, 0.1) is 29.9 Å². The van der Waals surface area contributed by atoms with E-state index in [1.807, 2.05) is 24.3 Å². The molecule has 0 aliphatic heterocycles. The number of methoxy groups -OCH3 is 2. The Hall–Kier alpha value is -2.83. The van der Waals surface area contributed by atoms with Gasteiger partial charge in [-0.15, -0.1) is 0 Å². The molecule has 37 heavy (non-hydrogen) atoms. The molecule has 8 nitrogen and oxygen atoms in total. The van der Waals surface area contributed by atoms with Gasteiger partial charge >= 0.3 is 12.1 Å². The zero-order valence-electron chi connectivity index (χ0n) is 21.3. The van der Waals surface area contributed by atoms with Crippen LogP contribution >= 0.6 is 11.8 Å². The van der Waals surface area contributed by atoms with E-state index in [1.54, 1.807) is 25.3 Å². The third kappa shape index (κ3) is 7.14. The van der Waals surface area contributed by atoms with Crippen molar-refractivity contribution in [1.82, 2.24) is 14.5 Å². The van der Waals surface area contributed by atoms with E-state index in [2.05, 4.69) is 9.97 Å². The number of para-hydroxylation sites is 2. The van der Waals surface area contributed by atoms with Gasteiger partial charge in [-0.1, -0.05) is 23.9 Å². The predicted molar refractivity (Wildman–Crippen MR) is 132 cm³/mol. The summed E-state index contributed by atoms with van der Waals surface area (Å²) in [5.41, 5.74) is 1.53. The zero-order valence-corrected chi connectivity index (χ0v) is 22.1. The molecule has 0 spiro atoms. The first-order valence-corrected chi connectivity index (χ1v) is 12.4. The second kappa shape index (κ2) is 12.1. The molecule has 1 unspecified atom stereocenters. The number of thioether (sulfide) groups is 1. The lowest BCUT2D eigenvalue weighted by molar-refractivity contribution is -0.171. The summed E-state index contributed by atoms with van der Waals surface area (Å²) in [5.74, 6) is -0.0526. The Labute approximate surface area is 217 Å². The second-order valence-electron chi connectivity index (χ2n) is 8.76. The number of rotatable bonds is 12. The van der Waals surface area contributed by atoms with Gasteiger partial charge < -0.3 is 18.9 Å². The third-order valence-electron chi connectivity index (χ3n) is 5.61. The fourth-order valence-corrected chi connectivity index (χ4v) is 4.88. The Bertz CT molecular complexity index is 1210. The van der Waals surface area contributed by atoms with Crippen LogP contribution in [0.4, 0.5) is 13.2 Å². The topological polar surface area (TPSA) is 84.7 Å². The number of pyridine rings is 1. The maximum atomic E-state index is 13.1. The standard InChI is InChI=1S/C25H30F3N3O5S/c1-16-19(29-11-10-21(16)35-15-25(26,27)28)12-37-23-30-18-8-6-7-9-20(18)31(23)17(2)36-22(32)24(3,13-33-4)14-34-5/h6-11,17H,12-15H2,1-5H3. The molecule has 2 aromatic heterocycles. The predicted octanol–water partition coefficient (Wildman–Crippen LogP) is 5.33. The van der Waals surface area contributed by atoms with E-state index in [0.717, 1.165) is 5.52 Å². The van der Waals surface area contributed by atoms with Crippen LogP contribution in [-0.4, -0.2) is 60.7 Å². The Kier molecular flexibility index (Phi) is 9.43. The molecule has 0 saturated heterocycles. The van der Waals surface area contributed by atoms with Crippen LogP contribution in [0.15, 0.2) is 41.7 Å². The molecule has 3 rings (SSSR count). The number of imidazole rings is 1. The summed E-state index contributed by atoms with van der Waals surface area (Å²) in [6.07, 6.45) is -3.74. The van der Waals surface area contributed by atoms with Crippen molar-refractivity contribution < 1.29 is 36.9 Å². The molecule has 202 valence electrons. The van der Waals surface area contributed by atoms with E-state index < -0.39 is 30.4 Å². The van der Waals surface area contributed by atoms with Crippen molar-refractivity contribution in [2.24, 2.45) is 5.41 Å². The summed E-state index contributed by atoms with van der Waals surface area (Å²) >= 11 is 1.33. The number of carbonyl (C=O) groups is 1. The van der Waals surface area contributed by atoms with Gasteiger partial charge in [0, 0.05) is 31.7 Å². The number of alkyl halides is 3. The minimum atomic E-state index is -4.44. The van der Waals surface area contributed by atoms with Crippen LogP contribution in [0.1, 0.15) is 31.3 Å². The SMILES string of the molecule is COCC(C)(COC)C(=O)OC(C)n1c(SCc2nccc(OCC(F)(F)F)c2C)nc2ccccc21. The maximum Gasteiger partial charge on any atom is 0.422 e. The monoisotopic (exact) mass is 541 g/mol. The normalized spacial score (nSPS) is 13.1. The number of halogens is 3. The van der Waals surface area contributed by atoms with Gasteiger partial charge in [-0.3, -0.25) is 14.3 Å². The van der Waals surface area contributed by atoms with E-state index in [-0.39, 0.29) is 19.0 Å². The van der Waals surface area contributed by atoms with Gasteiger partial charge in [-0.2, -0.15) is 13.2 Å². The molecule has 0 fully saturated rings. The molecule has 12 heteroatoms. The molecule has 1 aromatic carbocycles. The van der Waals surface area contributed by atoms with E-state index >= 15 is 0 Å². The van der Waals surface area contributed by atoms with E-state index in [4.69, 9.17) is 18.9 Å². The molecule has 1 atom stereocenters. The second-order valence-corrected chi connectivity index (χ2v) is 9.70. The molecular formula is C25H30F3N3O5S.